The Balaban J connectivity index is 2.35. The molecule has 0 amide bonds. The van der Waals surface area contributed by atoms with Crippen LogP contribution >= 0.6 is 15.9 Å². The van der Waals surface area contributed by atoms with Crippen LogP contribution in [0.3, 0.4) is 0 Å². The number of carbonyl (C=O) groups excluding carboxylic acids is 1. The van der Waals surface area contributed by atoms with Crippen LogP contribution in [-0.2, 0) is 4.79 Å². The van der Waals surface area contributed by atoms with Crippen molar-refractivity contribution in [1.82, 2.24) is 9.78 Å². The van der Waals surface area contributed by atoms with Gasteiger partial charge in [0.2, 0.25) is 6.08 Å². The number of aromatic nitrogens is 2. The Morgan fingerprint density at radius 1 is 1.33 bits per heavy atom. The minimum absolute atomic E-state index is 0.583. The molecule has 0 saturated carbocycles. The average molecular weight is 264 g/mol. The summed E-state index contributed by atoms with van der Waals surface area (Å²) in [5.74, 6) is 0. The highest BCUT2D eigenvalue weighted by molar-refractivity contribution is 9.10. The molecule has 0 spiro atoms. The number of hydrogen-bond acceptors (Lipinski definition) is 3. The van der Waals surface area contributed by atoms with Gasteiger partial charge in [0, 0.05) is 6.20 Å². The third-order valence-corrected chi connectivity index (χ3v) is 2.25. The predicted octanol–water partition coefficient (Wildman–Crippen LogP) is 2.60. The van der Waals surface area contributed by atoms with Crippen molar-refractivity contribution >= 4 is 27.7 Å². The molecule has 0 aliphatic carbocycles. The maximum Gasteiger partial charge on any atom is 0.240 e. The molecule has 0 radical (unpaired) electrons. The number of aliphatic imine (C=N–C) groups is 1. The van der Waals surface area contributed by atoms with Gasteiger partial charge in [0.05, 0.1) is 22.0 Å². The highest BCUT2D eigenvalue weighted by Crippen LogP contribution is 2.16. The Hall–Kier alpha value is -1.71. The molecule has 0 atom stereocenters. The molecule has 2 rings (SSSR count). The number of halogens is 1. The first-order valence-electron chi connectivity index (χ1n) is 4.18. The normalized spacial score (nSPS) is 9.67. The van der Waals surface area contributed by atoms with Gasteiger partial charge < -0.3 is 0 Å². The van der Waals surface area contributed by atoms with Crippen molar-refractivity contribution in [2.75, 3.05) is 0 Å². The maximum atomic E-state index is 10.0. The second kappa shape index (κ2) is 4.21. The Bertz CT molecular complexity index is 512. The van der Waals surface area contributed by atoms with E-state index in [9.17, 15) is 4.79 Å². The third-order valence-electron chi connectivity index (χ3n) is 1.84. The summed E-state index contributed by atoms with van der Waals surface area (Å²) in [5.41, 5.74) is 1.49. The maximum absolute atomic E-state index is 10.0. The molecule has 0 fully saturated rings. The molecule has 0 bridgehead atoms. The summed E-state index contributed by atoms with van der Waals surface area (Å²) >= 11 is 3.32. The summed E-state index contributed by atoms with van der Waals surface area (Å²) in [5, 5.41) is 4.12. The summed E-state index contributed by atoms with van der Waals surface area (Å²) in [7, 11) is 0. The molecule has 2 aromatic rings. The van der Waals surface area contributed by atoms with Crippen molar-refractivity contribution in [2.24, 2.45) is 4.99 Å². The number of benzene rings is 1. The van der Waals surface area contributed by atoms with Crippen LogP contribution in [-0.4, -0.2) is 15.9 Å². The van der Waals surface area contributed by atoms with Crippen LogP contribution in [0.15, 0.2) is 46.1 Å². The fraction of sp³-hybridized carbons (Fsp3) is 0. The second-order valence-corrected chi connectivity index (χ2v) is 3.74. The summed E-state index contributed by atoms with van der Waals surface area (Å²) in [4.78, 5) is 13.5. The summed E-state index contributed by atoms with van der Waals surface area (Å²) in [6.07, 6.45) is 5.04. The van der Waals surface area contributed by atoms with Gasteiger partial charge in [0.25, 0.3) is 0 Å². The molecule has 15 heavy (non-hydrogen) atoms. The van der Waals surface area contributed by atoms with E-state index in [1.807, 2.05) is 18.3 Å². The molecule has 4 nitrogen and oxygen atoms in total. The van der Waals surface area contributed by atoms with E-state index in [4.69, 9.17) is 0 Å². The summed E-state index contributed by atoms with van der Waals surface area (Å²) in [6, 6.07) is 7.12. The quantitative estimate of drug-likeness (QED) is 0.618. The van der Waals surface area contributed by atoms with Crippen molar-refractivity contribution in [3.8, 4) is 5.69 Å². The van der Waals surface area contributed by atoms with Crippen LogP contribution in [0.1, 0.15) is 0 Å². The Morgan fingerprint density at radius 3 is 2.60 bits per heavy atom. The first kappa shape index (κ1) is 9.83. The van der Waals surface area contributed by atoms with Crippen molar-refractivity contribution in [1.29, 1.82) is 0 Å². The lowest BCUT2D eigenvalue weighted by Crippen LogP contribution is -1.92. The molecular weight excluding hydrogens is 258 g/mol. The van der Waals surface area contributed by atoms with E-state index in [0.717, 1.165) is 10.2 Å². The lowest BCUT2D eigenvalue weighted by atomic mass is 10.3. The minimum Gasteiger partial charge on any atom is -0.240 e. The van der Waals surface area contributed by atoms with Gasteiger partial charge in [-0.05, 0) is 40.2 Å². The lowest BCUT2D eigenvalue weighted by Gasteiger charge is -1.99. The first-order chi connectivity index (χ1) is 7.29. The van der Waals surface area contributed by atoms with E-state index in [-0.39, 0.29) is 0 Å². The number of hydrogen-bond donors (Lipinski definition) is 0. The zero-order valence-electron chi connectivity index (χ0n) is 7.59. The zero-order valence-corrected chi connectivity index (χ0v) is 9.18. The Morgan fingerprint density at radius 2 is 2.07 bits per heavy atom. The van der Waals surface area contributed by atoms with Gasteiger partial charge in [-0.15, -0.1) is 0 Å². The van der Waals surface area contributed by atoms with Crippen molar-refractivity contribution in [2.45, 2.75) is 0 Å². The third kappa shape index (κ3) is 2.21. The van der Waals surface area contributed by atoms with Crippen molar-refractivity contribution in [3.05, 3.63) is 41.1 Å². The van der Waals surface area contributed by atoms with Gasteiger partial charge in [0.15, 0.2) is 0 Å². The van der Waals surface area contributed by atoms with E-state index < -0.39 is 0 Å². The fourth-order valence-electron chi connectivity index (χ4n) is 1.17. The minimum atomic E-state index is 0.583. The molecule has 74 valence electrons. The summed E-state index contributed by atoms with van der Waals surface area (Å²) < 4.78 is 2.64. The van der Waals surface area contributed by atoms with E-state index in [2.05, 4.69) is 26.0 Å². The van der Waals surface area contributed by atoms with Crippen LogP contribution in [0, 0.1) is 0 Å². The van der Waals surface area contributed by atoms with Gasteiger partial charge in [-0.3, -0.25) is 0 Å². The molecule has 0 unspecified atom stereocenters. The van der Waals surface area contributed by atoms with Crippen LogP contribution < -0.4 is 0 Å². The first-order valence-corrected chi connectivity index (χ1v) is 4.97. The largest absolute Gasteiger partial charge is 0.240 e. The molecule has 1 heterocycles. The van der Waals surface area contributed by atoms with E-state index in [1.54, 1.807) is 23.0 Å². The van der Waals surface area contributed by atoms with Crippen LogP contribution in [0.2, 0.25) is 0 Å². The van der Waals surface area contributed by atoms with Gasteiger partial charge in [-0.2, -0.15) is 10.1 Å². The lowest BCUT2D eigenvalue weighted by molar-refractivity contribution is 0.565. The van der Waals surface area contributed by atoms with E-state index in [0.29, 0.717) is 5.69 Å². The van der Waals surface area contributed by atoms with Crippen molar-refractivity contribution < 1.29 is 4.79 Å². The number of nitrogens with zero attached hydrogens (tertiary/aromatic N) is 3. The molecule has 0 aliphatic heterocycles. The smallest absolute Gasteiger partial charge is 0.240 e. The Kier molecular flexibility index (Phi) is 2.76. The topological polar surface area (TPSA) is 47.2 Å². The molecular formula is C10H6BrN3O. The molecule has 1 aromatic carbocycles. The molecule has 1 aromatic heterocycles. The number of isocyanates is 1. The van der Waals surface area contributed by atoms with E-state index in [1.165, 1.54) is 6.08 Å². The molecule has 5 heteroatoms. The van der Waals surface area contributed by atoms with Crippen molar-refractivity contribution in [3.63, 3.8) is 0 Å². The highest BCUT2D eigenvalue weighted by Gasteiger charge is 1.98. The molecule has 0 N–H and O–H groups in total. The fourth-order valence-corrected chi connectivity index (χ4v) is 1.46. The highest BCUT2D eigenvalue weighted by atomic mass is 79.9. The van der Waals surface area contributed by atoms with Crippen LogP contribution in [0.4, 0.5) is 5.69 Å². The van der Waals surface area contributed by atoms with Crippen LogP contribution in [0.5, 0.6) is 0 Å². The number of rotatable bonds is 2. The average Bonchev–Trinajstić information content (AvgIpc) is 2.67. The van der Waals surface area contributed by atoms with Gasteiger partial charge >= 0.3 is 0 Å². The van der Waals surface area contributed by atoms with E-state index >= 15 is 0 Å². The second-order valence-electron chi connectivity index (χ2n) is 2.82. The zero-order chi connectivity index (χ0) is 10.7. The van der Waals surface area contributed by atoms with Crippen LogP contribution in [0.25, 0.3) is 5.69 Å². The molecule has 0 aliphatic rings. The summed E-state index contributed by atoms with van der Waals surface area (Å²) in [6.45, 7) is 0. The Labute approximate surface area is 94.4 Å². The standard InChI is InChI=1S/C10H6BrN3O/c11-8-5-13-14(6-8)10-3-1-9(2-4-10)12-7-15/h1-6H. The van der Waals surface area contributed by atoms with Gasteiger partial charge in [-0.25, -0.2) is 9.48 Å². The van der Waals surface area contributed by atoms with Gasteiger partial charge in [-0.1, -0.05) is 0 Å². The molecule has 0 saturated heterocycles. The van der Waals surface area contributed by atoms with Gasteiger partial charge in [0.1, 0.15) is 0 Å². The SMILES string of the molecule is O=C=Nc1ccc(-n2cc(Br)cn2)cc1. The monoisotopic (exact) mass is 263 g/mol. The predicted molar refractivity (Wildman–Crippen MR) is 59.0 cm³/mol.